The number of ether oxygens (including phenoxy) is 2. The summed E-state index contributed by atoms with van der Waals surface area (Å²) in [4.78, 5) is 58.7. The number of hydrogen-bond donors (Lipinski definition) is 0. The predicted octanol–water partition coefficient (Wildman–Crippen LogP) is 0.401. The molecule has 0 atom stereocenters. The van der Waals surface area contributed by atoms with Gasteiger partial charge in [0.1, 0.15) is 6.54 Å². The third-order valence-electron chi connectivity index (χ3n) is 5.46. The van der Waals surface area contributed by atoms with E-state index >= 15 is 0 Å². The Labute approximate surface area is 202 Å². The molecule has 0 aliphatic heterocycles. The number of benzene rings is 1. The minimum atomic E-state index is -0.545. The summed E-state index contributed by atoms with van der Waals surface area (Å²) in [6, 6.07) is 5.16. The first-order valence-electron chi connectivity index (χ1n) is 10.7. The van der Waals surface area contributed by atoms with Crippen LogP contribution in [0.15, 0.2) is 39.1 Å². The number of methoxy groups -OCH3 is 1. The molecular weight excluding hydrogens is 476 g/mol. The van der Waals surface area contributed by atoms with Crippen LogP contribution in [0.25, 0.3) is 21.4 Å². The lowest BCUT2D eigenvalue weighted by Crippen LogP contribution is -2.37. The number of aromatic nitrogens is 5. The van der Waals surface area contributed by atoms with E-state index in [1.165, 1.54) is 40.9 Å². The third-order valence-corrected chi connectivity index (χ3v) is 6.50. The van der Waals surface area contributed by atoms with Gasteiger partial charge in [-0.2, -0.15) is 4.99 Å². The summed E-state index contributed by atoms with van der Waals surface area (Å²) in [5.74, 6) is -0.938. The van der Waals surface area contributed by atoms with Gasteiger partial charge >= 0.3 is 11.7 Å². The van der Waals surface area contributed by atoms with E-state index < -0.39 is 23.1 Å². The molecule has 0 unspecified atom stereocenters. The average Bonchev–Trinajstić information content (AvgIpc) is 3.40. The van der Waals surface area contributed by atoms with Crippen LogP contribution in [0.1, 0.15) is 17.3 Å². The second kappa shape index (κ2) is 9.80. The molecule has 4 aromatic rings. The molecular formula is C22H24N6O6S. The summed E-state index contributed by atoms with van der Waals surface area (Å²) in [7, 11) is 4.45. The van der Waals surface area contributed by atoms with Crippen LogP contribution in [0.4, 0.5) is 0 Å². The largest absolute Gasteiger partial charge is 0.462 e. The maximum atomic E-state index is 12.9. The quantitative estimate of drug-likeness (QED) is 0.336. The van der Waals surface area contributed by atoms with E-state index in [2.05, 4.69) is 9.98 Å². The zero-order chi connectivity index (χ0) is 25.3. The fraction of sp³-hybridized carbons (Fsp3) is 0.364. The molecule has 1 aromatic carbocycles. The van der Waals surface area contributed by atoms with Crippen LogP contribution in [0.2, 0.25) is 0 Å². The zero-order valence-electron chi connectivity index (χ0n) is 19.7. The van der Waals surface area contributed by atoms with Crippen molar-refractivity contribution in [3.8, 4) is 0 Å². The molecule has 4 rings (SSSR count). The Morgan fingerprint density at radius 3 is 2.66 bits per heavy atom. The fourth-order valence-corrected chi connectivity index (χ4v) is 4.82. The molecule has 0 N–H and O–H groups in total. The van der Waals surface area contributed by atoms with Crippen LogP contribution in [0, 0.1) is 0 Å². The topological polar surface area (TPSA) is 132 Å². The molecule has 35 heavy (non-hydrogen) atoms. The smallest absolute Gasteiger partial charge is 0.338 e. The van der Waals surface area contributed by atoms with E-state index in [0.717, 1.165) is 14.8 Å². The lowest BCUT2D eigenvalue weighted by Gasteiger charge is -2.06. The highest BCUT2D eigenvalue weighted by atomic mass is 32.1. The second-order valence-corrected chi connectivity index (χ2v) is 8.70. The summed E-state index contributed by atoms with van der Waals surface area (Å²) < 4.78 is 16.5. The average molecular weight is 501 g/mol. The Balaban J connectivity index is 1.76. The van der Waals surface area contributed by atoms with Crippen molar-refractivity contribution in [1.29, 1.82) is 0 Å². The fourth-order valence-electron chi connectivity index (χ4n) is 3.70. The molecule has 0 fully saturated rings. The highest BCUT2D eigenvalue weighted by molar-refractivity contribution is 7.16. The molecule has 3 aromatic heterocycles. The van der Waals surface area contributed by atoms with E-state index in [-0.39, 0.29) is 24.3 Å². The van der Waals surface area contributed by atoms with Gasteiger partial charge in [0.25, 0.3) is 11.5 Å². The van der Waals surface area contributed by atoms with Gasteiger partial charge in [0.2, 0.25) is 0 Å². The van der Waals surface area contributed by atoms with Crippen molar-refractivity contribution in [2.75, 3.05) is 20.3 Å². The minimum Gasteiger partial charge on any atom is -0.462 e. The molecule has 0 saturated carbocycles. The number of carbonyl (C=O) groups is 2. The molecule has 0 radical (unpaired) electrons. The molecule has 12 nitrogen and oxygen atoms in total. The summed E-state index contributed by atoms with van der Waals surface area (Å²) in [6.45, 7) is 2.60. The van der Waals surface area contributed by atoms with Crippen LogP contribution in [-0.2, 0) is 41.5 Å². The number of amides is 1. The monoisotopic (exact) mass is 500 g/mol. The highest BCUT2D eigenvalue weighted by Gasteiger charge is 2.17. The van der Waals surface area contributed by atoms with Gasteiger partial charge < -0.3 is 18.6 Å². The normalized spacial score (nSPS) is 12.1. The van der Waals surface area contributed by atoms with Gasteiger partial charge in [0.05, 0.1) is 35.3 Å². The van der Waals surface area contributed by atoms with Gasteiger partial charge in [-0.25, -0.2) is 14.6 Å². The maximum absolute atomic E-state index is 12.9. The standard InChI is InChI=1S/C22H24N6O6S/c1-5-34-20(31)13-6-7-14-15(10-13)35-21(28(14)8-9-33-4)24-16(29)11-27-12-23-18-17(27)19(30)26(3)22(32)25(18)2/h6-7,10,12H,5,8-9,11H2,1-4H3. The number of imidazole rings is 1. The molecule has 0 saturated heterocycles. The van der Waals surface area contributed by atoms with Gasteiger partial charge in [-0.1, -0.05) is 11.3 Å². The van der Waals surface area contributed by atoms with Crippen LogP contribution >= 0.6 is 11.3 Å². The SMILES string of the molecule is CCOC(=O)c1ccc2c(c1)sc(=NC(=O)Cn1cnc3c1c(=O)n(C)c(=O)n3C)n2CCOC. The number of aryl methyl sites for hydroxylation is 1. The minimum absolute atomic E-state index is 0.140. The van der Waals surface area contributed by atoms with Crippen LogP contribution in [-0.4, -0.2) is 55.5 Å². The Morgan fingerprint density at radius 2 is 1.94 bits per heavy atom. The van der Waals surface area contributed by atoms with Crippen molar-refractivity contribution < 1.29 is 19.1 Å². The van der Waals surface area contributed by atoms with Crippen molar-refractivity contribution in [3.05, 3.63) is 55.7 Å². The Bertz CT molecular complexity index is 1640. The van der Waals surface area contributed by atoms with Crippen LogP contribution < -0.4 is 16.1 Å². The number of hydrogen-bond acceptors (Lipinski definition) is 8. The third kappa shape index (κ3) is 4.47. The summed E-state index contributed by atoms with van der Waals surface area (Å²) in [5, 5.41) is 0. The molecule has 184 valence electrons. The lowest BCUT2D eigenvalue weighted by atomic mass is 10.2. The van der Waals surface area contributed by atoms with Crippen molar-refractivity contribution in [3.63, 3.8) is 0 Å². The van der Waals surface area contributed by atoms with Crippen molar-refractivity contribution in [2.45, 2.75) is 20.0 Å². The van der Waals surface area contributed by atoms with E-state index in [1.807, 2.05) is 4.57 Å². The first-order chi connectivity index (χ1) is 16.8. The van der Waals surface area contributed by atoms with Crippen LogP contribution in [0.5, 0.6) is 0 Å². The summed E-state index contributed by atoms with van der Waals surface area (Å²) in [5.41, 5.74) is 0.481. The van der Waals surface area contributed by atoms with E-state index in [1.54, 1.807) is 32.2 Å². The summed E-state index contributed by atoms with van der Waals surface area (Å²) in [6.07, 6.45) is 1.34. The first-order valence-corrected chi connectivity index (χ1v) is 11.6. The number of rotatable bonds is 7. The maximum Gasteiger partial charge on any atom is 0.338 e. The van der Waals surface area contributed by atoms with Gasteiger partial charge in [-0.05, 0) is 25.1 Å². The summed E-state index contributed by atoms with van der Waals surface area (Å²) >= 11 is 1.25. The molecule has 0 bridgehead atoms. The number of nitrogens with zero attached hydrogens (tertiary/aromatic N) is 6. The molecule has 0 aliphatic carbocycles. The van der Waals surface area contributed by atoms with Gasteiger partial charge in [-0.3, -0.25) is 18.7 Å². The van der Waals surface area contributed by atoms with E-state index in [4.69, 9.17) is 9.47 Å². The second-order valence-electron chi connectivity index (χ2n) is 7.69. The predicted molar refractivity (Wildman–Crippen MR) is 128 cm³/mol. The Hall–Kier alpha value is -3.84. The van der Waals surface area contributed by atoms with Gasteiger partial charge in [-0.15, -0.1) is 0 Å². The Kier molecular flexibility index (Phi) is 6.80. The number of carbonyl (C=O) groups excluding carboxylic acids is 2. The molecule has 13 heteroatoms. The van der Waals surface area contributed by atoms with Crippen LogP contribution in [0.3, 0.4) is 0 Å². The van der Waals surface area contributed by atoms with Gasteiger partial charge in [0, 0.05) is 27.7 Å². The van der Waals surface area contributed by atoms with Crippen molar-refractivity contribution >= 4 is 44.6 Å². The number of esters is 1. The van der Waals surface area contributed by atoms with Gasteiger partial charge in [0.15, 0.2) is 16.0 Å². The van der Waals surface area contributed by atoms with E-state index in [9.17, 15) is 19.2 Å². The number of thiazole rings is 1. The molecule has 0 spiro atoms. The highest BCUT2D eigenvalue weighted by Crippen LogP contribution is 2.20. The van der Waals surface area contributed by atoms with Crippen molar-refractivity contribution in [1.82, 2.24) is 23.3 Å². The number of fused-ring (bicyclic) bond motifs is 2. The lowest BCUT2D eigenvalue weighted by molar-refractivity contribution is -0.118. The molecule has 0 aliphatic rings. The first kappa shape index (κ1) is 24.3. The molecule has 3 heterocycles. The Morgan fingerprint density at radius 1 is 1.17 bits per heavy atom. The van der Waals surface area contributed by atoms with E-state index in [0.29, 0.717) is 23.5 Å². The zero-order valence-corrected chi connectivity index (χ0v) is 20.5. The molecule has 1 amide bonds. The van der Waals surface area contributed by atoms with Crippen molar-refractivity contribution in [2.24, 2.45) is 19.1 Å².